The summed E-state index contributed by atoms with van der Waals surface area (Å²) < 4.78 is 0. The van der Waals surface area contributed by atoms with Gasteiger partial charge in [0, 0.05) is 17.0 Å². The fourth-order valence-corrected chi connectivity index (χ4v) is 4.51. The van der Waals surface area contributed by atoms with Crippen LogP contribution in [0.15, 0.2) is 24.3 Å². The second-order valence-electron chi connectivity index (χ2n) is 5.93. The molecule has 1 saturated carbocycles. The predicted octanol–water partition coefficient (Wildman–Crippen LogP) is 4.97. The maximum atomic E-state index is 3.49. The van der Waals surface area contributed by atoms with Gasteiger partial charge in [-0.3, -0.25) is 0 Å². The highest BCUT2D eigenvalue weighted by Gasteiger charge is 2.16. The predicted molar refractivity (Wildman–Crippen MR) is 91.6 cm³/mol. The third-order valence-electron chi connectivity index (χ3n) is 4.32. The van der Waals surface area contributed by atoms with Crippen LogP contribution in [0.5, 0.6) is 0 Å². The maximum absolute atomic E-state index is 3.49. The van der Waals surface area contributed by atoms with Gasteiger partial charge in [-0.15, -0.1) is 0 Å². The molecule has 1 aromatic carbocycles. The molecule has 0 aliphatic heterocycles. The molecule has 112 valence electrons. The zero-order valence-electron chi connectivity index (χ0n) is 13.0. The van der Waals surface area contributed by atoms with E-state index >= 15 is 0 Å². The second-order valence-corrected chi connectivity index (χ2v) is 7.26. The van der Waals surface area contributed by atoms with Gasteiger partial charge >= 0.3 is 0 Å². The molecule has 1 fully saturated rings. The topological polar surface area (TPSA) is 12.0 Å². The van der Waals surface area contributed by atoms with Gasteiger partial charge in [0.15, 0.2) is 0 Å². The molecule has 1 aliphatic carbocycles. The number of rotatable bonds is 7. The number of hydrogen-bond donors (Lipinski definition) is 1. The first kappa shape index (κ1) is 15.9. The van der Waals surface area contributed by atoms with E-state index in [-0.39, 0.29) is 0 Å². The van der Waals surface area contributed by atoms with Gasteiger partial charge in [0.2, 0.25) is 0 Å². The Kier molecular flexibility index (Phi) is 6.95. The number of hydrogen-bond acceptors (Lipinski definition) is 2. The molecule has 0 radical (unpaired) electrons. The highest BCUT2D eigenvalue weighted by atomic mass is 32.2. The average Bonchev–Trinajstić information content (AvgIpc) is 2.51. The Bertz CT molecular complexity index is 368. The molecule has 1 atom stereocenters. The van der Waals surface area contributed by atoms with Crippen LogP contribution in [-0.4, -0.2) is 18.1 Å². The van der Waals surface area contributed by atoms with Gasteiger partial charge in [-0.25, -0.2) is 0 Å². The highest BCUT2D eigenvalue weighted by Crippen LogP contribution is 2.31. The first-order valence-corrected chi connectivity index (χ1v) is 9.26. The van der Waals surface area contributed by atoms with Crippen molar-refractivity contribution in [2.24, 2.45) is 0 Å². The van der Waals surface area contributed by atoms with E-state index < -0.39 is 0 Å². The standard InChI is InChI=1S/C18H29NS/c1-3-7-15-10-12-16(13-11-15)18(19-2)14-20-17-8-5-4-6-9-17/h10-13,17-19H,3-9,14H2,1-2H3. The van der Waals surface area contributed by atoms with Crippen molar-refractivity contribution in [2.75, 3.05) is 12.8 Å². The number of nitrogens with one attached hydrogen (secondary N) is 1. The lowest BCUT2D eigenvalue weighted by molar-refractivity contribution is 0.514. The van der Waals surface area contributed by atoms with Gasteiger partial charge in [-0.2, -0.15) is 11.8 Å². The summed E-state index contributed by atoms with van der Waals surface area (Å²) in [7, 11) is 2.09. The van der Waals surface area contributed by atoms with Gasteiger partial charge < -0.3 is 5.32 Å². The smallest absolute Gasteiger partial charge is 0.0409 e. The molecular formula is C18H29NS. The quantitative estimate of drug-likeness (QED) is 0.761. The Balaban J connectivity index is 1.86. The van der Waals surface area contributed by atoms with Crippen molar-refractivity contribution in [3.63, 3.8) is 0 Å². The fraction of sp³-hybridized carbons (Fsp3) is 0.667. The van der Waals surface area contributed by atoms with Crippen molar-refractivity contribution < 1.29 is 0 Å². The Hall–Kier alpha value is -0.470. The van der Waals surface area contributed by atoms with Crippen LogP contribution < -0.4 is 5.32 Å². The first-order valence-electron chi connectivity index (χ1n) is 8.21. The van der Waals surface area contributed by atoms with Crippen LogP contribution in [0.4, 0.5) is 0 Å². The van der Waals surface area contributed by atoms with Crippen LogP contribution in [-0.2, 0) is 6.42 Å². The molecule has 0 heterocycles. The monoisotopic (exact) mass is 291 g/mol. The highest BCUT2D eigenvalue weighted by molar-refractivity contribution is 7.99. The van der Waals surface area contributed by atoms with Crippen molar-refractivity contribution in [1.82, 2.24) is 5.32 Å². The molecule has 0 saturated heterocycles. The minimum Gasteiger partial charge on any atom is -0.312 e. The van der Waals surface area contributed by atoms with E-state index in [0.717, 1.165) is 5.25 Å². The van der Waals surface area contributed by atoms with Crippen LogP contribution >= 0.6 is 11.8 Å². The number of benzene rings is 1. The molecule has 0 amide bonds. The zero-order chi connectivity index (χ0) is 14.2. The Morgan fingerprint density at radius 3 is 2.45 bits per heavy atom. The summed E-state index contributed by atoms with van der Waals surface area (Å²) in [5.74, 6) is 1.20. The van der Waals surface area contributed by atoms with E-state index in [1.165, 1.54) is 61.8 Å². The SMILES string of the molecule is CCCc1ccc(C(CSC2CCCCC2)NC)cc1. The lowest BCUT2D eigenvalue weighted by Crippen LogP contribution is -2.21. The number of aryl methyl sites for hydroxylation is 1. The zero-order valence-corrected chi connectivity index (χ0v) is 13.8. The van der Waals surface area contributed by atoms with E-state index in [9.17, 15) is 0 Å². The molecule has 2 heteroatoms. The van der Waals surface area contributed by atoms with Crippen molar-refractivity contribution in [1.29, 1.82) is 0 Å². The van der Waals surface area contributed by atoms with E-state index in [1.54, 1.807) is 0 Å². The second kappa shape index (κ2) is 8.74. The van der Waals surface area contributed by atoms with E-state index in [2.05, 4.69) is 55.3 Å². The van der Waals surface area contributed by atoms with Crippen LogP contribution in [0.3, 0.4) is 0 Å². The fourth-order valence-electron chi connectivity index (χ4n) is 3.02. The van der Waals surface area contributed by atoms with Gasteiger partial charge in [0.05, 0.1) is 0 Å². The molecule has 1 aliphatic rings. The van der Waals surface area contributed by atoms with Crippen LogP contribution in [0.1, 0.15) is 62.6 Å². The maximum Gasteiger partial charge on any atom is 0.0409 e. The summed E-state index contributed by atoms with van der Waals surface area (Å²) >= 11 is 2.18. The molecule has 2 rings (SSSR count). The van der Waals surface area contributed by atoms with E-state index in [0.29, 0.717) is 6.04 Å². The van der Waals surface area contributed by atoms with Crippen LogP contribution in [0, 0.1) is 0 Å². The van der Waals surface area contributed by atoms with Crippen molar-refractivity contribution in [2.45, 2.75) is 63.2 Å². The minimum atomic E-state index is 0.498. The largest absolute Gasteiger partial charge is 0.312 e. The van der Waals surface area contributed by atoms with Gasteiger partial charge in [-0.05, 0) is 37.4 Å². The van der Waals surface area contributed by atoms with Gasteiger partial charge in [-0.1, -0.05) is 56.9 Å². The summed E-state index contributed by atoms with van der Waals surface area (Å²) in [4.78, 5) is 0. The summed E-state index contributed by atoms with van der Waals surface area (Å²) in [5, 5.41) is 4.39. The lowest BCUT2D eigenvalue weighted by atomic mass is 10.0. The molecule has 20 heavy (non-hydrogen) atoms. The Labute approximate surface area is 128 Å². The first-order chi connectivity index (χ1) is 9.83. The molecule has 1 nitrogen and oxygen atoms in total. The molecule has 0 aromatic heterocycles. The molecular weight excluding hydrogens is 262 g/mol. The van der Waals surface area contributed by atoms with Crippen LogP contribution in [0.2, 0.25) is 0 Å². The Morgan fingerprint density at radius 2 is 1.85 bits per heavy atom. The van der Waals surface area contributed by atoms with Crippen LogP contribution in [0.25, 0.3) is 0 Å². The van der Waals surface area contributed by atoms with Crippen molar-refractivity contribution >= 4 is 11.8 Å². The van der Waals surface area contributed by atoms with Gasteiger partial charge in [0.1, 0.15) is 0 Å². The molecule has 0 bridgehead atoms. The lowest BCUT2D eigenvalue weighted by Gasteiger charge is -2.24. The average molecular weight is 292 g/mol. The summed E-state index contributed by atoms with van der Waals surface area (Å²) in [6, 6.07) is 9.72. The number of thioether (sulfide) groups is 1. The summed E-state index contributed by atoms with van der Waals surface area (Å²) in [6.07, 6.45) is 9.60. The van der Waals surface area contributed by atoms with Crippen molar-refractivity contribution in [3.05, 3.63) is 35.4 Å². The molecule has 0 spiro atoms. The van der Waals surface area contributed by atoms with E-state index in [1.807, 2.05) is 0 Å². The molecule has 1 N–H and O–H groups in total. The van der Waals surface area contributed by atoms with E-state index in [4.69, 9.17) is 0 Å². The normalized spacial score (nSPS) is 18.1. The Morgan fingerprint density at radius 1 is 1.15 bits per heavy atom. The van der Waals surface area contributed by atoms with Gasteiger partial charge in [0.25, 0.3) is 0 Å². The summed E-state index contributed by atoms with van der Waals surface area (Å²) in [6.45, 7) is 2.24. The third kappa shape index (κ3) is 4.82. The molecule has 1 unspecified atom stereocenters. The third-order valence-corrected chi connectivity index (χ3v) is 5.79. The summed E-state index contributed by atoms with van der Waals surface area (Å²) in [5.41, 5.74) is 2.90. The minimum absolute atomic E-state index is 0.498. The molecule has 1 aromatic rings. The van der Waals surface area contributed by atoms with Crippen molar-refractivity contribution in [3.8, 4) is 0 Å².